The fourth-order valence-corrected chi connectivity index (χ4v) is 0.702. The lowest BCUT2D eigenvalue weighted by molar-refractivity contribution is 0.0818. The molecule has 0 radical (unpaired) electrons. The molecule has 0 aliphatic heterocycles. The third-order valence-corrected chi connectivity index (χ3v) is 1.17. The molecule has 0 fully saturated rings. The van der Waals surface area contributed by atoms with Crippen LogP contribution < -0.4 is 5.32 Å². The predicted molar refractivity (Wildman–Crippen MR) is 55.3 cm³/mol. The molecule has 0 aliphatic carbocycles. The van der Waals surface area contributed by atoms with Gasteiger partial charge in [0.15, 0.2) is 0 Å². The summed E-state index contributed by atoms with van der Waals surface area (Å²) in [5.41, 5.74) is -0.265. The van der Waals surface area contributed by atoms with Crippen LogP contribution >= 0.6 is 0 Å². The highest BCUT2D eigenvalue weighted by Gasteiger charge is 2.13. The zero-order valence-electron chi connectivity index (χ0n) is 9.13. The molecule has 82 valence electrons. The van der Waals surface area contributed by atoms with Crippen molar-refractivity contribution in [1.82, 2.24) is 5.32 Å². The Kier molecular flexibility index (Phi) is 5.95. The number of hydrogen-bond acceptors (Lipinski definition) is 3. The molecule has 0 aliphatic rings. The van der Waals surface area contributed by atoms with Gasteiger partial charge in [-0.3, -0.25) is 0 Å². The summed E-state index contributed by atoms with van der Waals surface area (Å²) < 4.78 is 9.90. The van der Waals surface area contributed by atoms with Crippen LogP contribution in [-0.4, -0.2) is 31.5 Å². The van der Waals surface area contributed by atoms with E-state index in [1.54, 1.807) is 6.08 Å². The number of hydrogen-bond donors (Lipinski definition) is 1. The van der Waals surface area contributed by atoms with Crippen molar-refractivity contribution < 1.29 is 14.3 Å². The van der Waals surface area contributed by atoms with Crippen molar-refractivity contribution in [3.63, 3.8) is 0 Å². The van der Waals surface area contributed by atoms with Crippen LogP contribution in [-0.2, 0) is 9.47 Å². The molecule has 0 rings (SSSR count). The normalized spacial score (nSPS) is 10.8. The summed E-state index contributed by atoms with van der Waals surface area (Å²) in [7, 11) is 0. The third-order valence-electron chi connectivity index (χ3n) is 1.17. The zero-order chi connectivity index (χ0) is 11.0. The maximum Gasteiger partial charge on any atom is 0.407 e. The molecular weight excluding hydrogens is 182 g/mol. The molecule has 0 aromatic rings. The quantitative estimate of drug-likeness (QED) is 0.544. The molecule has 0 aromatic carbocycles. The standard InChI is InChI=1S/C10H19NO3/c1-5-6-13-7-8-14-9(12)11-10(2,3)4/h5H,1,6-8H2,2-4H3,(H,11,12). The lowest BCUT2D eigenvalue weighted by Crippen LogP contribution is -2.41. The van der Waals surface area contributed by atoms with E-state index in [0.717, 1.165) is 0 Å². The molecule has 0 bridgehead atoms. The van der Waals surface area contributed by atoms with Crippen LogP contribution in [0.3, 0.4) is 0 Å². The Balaban J connectivity index is 3.41. The van der Waals surface area contributed by atoms with Crippen LogP contribution in [0.4, 0.5) is 4.79 Å². The largest absolute Gasteiger partial charge is 0.447 e. The van der Waals surface area contributed by atoms with Gasteiger partial charge in [-0.1, -0.05) is 6.08 Å². The molecule has 0 saturated carbocycles. The molecule has 0 saturated heterocycles. The van der Waals surface area contributed by atoms with E-state index in [9.17, 15) is 4.79 Å². The van der Waals surface area contributed by atoms with Crippen molar-refractivity contribution in [2.45, 2.75) is 26.3 Å². The van der Waals surface area contributed by atoms with E-state index < -0.39 is 6.09 Å². The minimum Gasteiger partial charge on any atom is -0.447 e. The van der Waals surface area contributed by atoms with Crippen LogP contribution in [0, 0.1) is 0 Å². The summed E-state index contributed by atoms with van der Waals surface area (Å²) in [5.74, 6) is 0. The van der Waals surface area contributed by atoms with Gasteiger partial charge in [0.1, 0.15) is 6.61 Å². The SMILES string of the molecule is C=CCOCCOC(=O)NC(C)(C)C. The van der Waals surface area contributed by atoms with Gasteiger partial charge >= 0.3 is 6.09 Å². The zero-order valence-corrected chi connectivity index (χ0v) is 9.13. The number of rotatable bonds is 5. The van der Waals surface area contributed by atoms with Gasteiger partial charge in [-0.25, -0.2) is 4.79 Å². The second-order valence-electron chi connectivity index (χ2n) is 3.87. The van der Waals surface area contributed by atoms with Crippen LogP contribution in [0.1, 0.15) is 20.8 Å². The minimum absolute atomic E-state index is 0.260. The lowest BCUT2D eigenvalue weighted by atomic mass is 10.1. The predicted octanol–water partition coefficient (Wildman–Crippen LogP) is 1.71. The summed E-state index contributed by atoms with van der Waals surface area (Å²) in [6.45, 7) is 10.3. The van der Waals surface area contributed by atoms with Crippen molar-refractivity contribution in [3.8, 4) is 0 Å². The Bertz CT molecular complexity index is 184. The first-order chi connectivity index (χ1) is 6.45. The van der Waals surface area contributed by atoms with Crippen molar-refractivity contribution >= 4 is 6.09 Å². The summed E-state index contributed by atoms with van der Waals surface area (Å²) in [4.78, 5) is 11.1. The Labute approximate surface area is 85.3 Å². The summed E-state index contributed by atoms with van der Waals surface area (Å²) in [5, 5.41) is 2.67. The monoisotopic (exact) mass is 201 g/mol. The summed E-state index contributed by atoms with van der Waals surface area (Å²) >= 11 is 0. The Hall–Kier alpha value is -1.03. The highest BCUT2D eigenvalue weighted by Crippen LogP contribution is 1.98. The third kappa shape index (κ3) is 9.06. The Morgan fingerprint density at radius 1 is 1.43 bits per heavy atom. The van der Waals surface area contributed by atoms with Gasteiger partial charge in [0.25, 0.3) is 0 Å². The van der Waals surface area contributed by atoms with E-state index in [2.05, 4.69) is 11.9 Å². The molecule has 14 heavy (non-hydrogen) atoms. The number of nitrogens with one attached hydrogen (secondary N) is 1. The average molecular weight is 201 g/mol. The maximum absolute atomic E-state index is 11.1. The highest BCUT2D eigenvalue weighted by molar-refractivity contribution is 5.67. The average Bonchev–Trinajstić information content (AvgIpc) is 2.00. The molecule has 0 unspecified atom stereocenters. The van der Waals surface area contributed by atoms with Crippen molar-refractivity contribution in [1.29, 1.82) is 0 Å². The molecule has 0 heterocycles. The second kappa shape index (κ2) is 6.43. The Morgan fingerprint density at radius 3 is 2.57 bits per heavy atom. The molecular formula is C10H19NO3. The van der Waals surface area contributed by atoms with Crippen molar-refractivity contribution in [2.75, 3.05) is 19.8 Å². The number of amides is 1. The number of carbonyl (C=O) groups is 1. The van der Waals surface area contributed by atoms with Crippen LogP contribution in [0.5, 0.6) is 0 Å². The summed E-state index contributed by atoms with van der Waals surface area (Å²) in [6, 6.07) is 0. The van der Waals surface area contributed by atoms with Gasteiger partial charge < -0.3 is 14.8 Å². The molecule has 0 spiro atoms. The van der Waals surface area contributed by atoms with E-state index >= 15 is 0 Å². The first-order valence-corrected chi connectivity index (χ1v) is 4.59. The molecule has 0 aromatic heterocycles. The van der Waals surface area contributed by atoms with E-state index in [-0.39, 0.29) is 12.1 Å². The van der Waals surface area contributed by atoms with Gasteiger partial charge in [0, 0.05) is 5.54 Å². The van der Waals surface area contributed by atoms with Crippen LogP contribution in [0.25, 0.3) is 0 Å². The fraction of sp³-hybridized carbons (Fsp3) is 0.700. The summed E-state index contributed by atoms with van der Waals surface area (Å²) in [6.07, 6.45) is 1.23. The molecule has 4 nitrogen and oxygen atoms in total. The molecule has 1 N–H and O–H groups in total. The van der Waals surface area contributed by atoms with E-state index in [4.69, 9.17) is 9.47 Å². The van der Waals surface area contributed by atoms with Crippen molar-refractivity contribution in [2.24, 2.45) is 0 Å². The molecule has 4 heteroatoms. The highest BCUT2D eigenvalue weighted by atomic mass is 16.6. The lowest BCUT2D eigenvalue weighted by Gasteiger charge is -2.19. The van der Waals surface area contributed by atoms with Crippen LogP contribution in [0.2, 0.25) is 0 Å². The van der Waals surface area contributed by atoms with Gasteiger partial charge in [-0.15, -0.1) is 6.58 Å². The minimum atomic E-state index is -0.417. The van der Waals surface area contributed by atoms with Crippen LogP contribution in [0.15, 0.2) is 12.7 Å². The number of alkyl carbamates (subject to hydrolysis) is 1. The molecule has 0 atom stereocenters. The van der Waals surface area contributed by atoms with Gasteiger partial charge in [0.05, 0.1) is 13.2 Å². The van der Waals surface area contributed by atoms with E-state index in [1.165, 1.54) is 0 Å². The van der Waals surface area contributed by atoms with Gasteiger partial charge in [-0.05, 0) is 20.8 Å². The first-order valence-electron chi connectivity index (χ1n) is 4.59. The first kappa shape index (κ1) is 13.0. The van der Waals surface area contributed by atoms with Gasteiger partial charge in [0.2, 0.25) is 0 Å². The van der Waals surface area contributed by atoms with Gasteiger partial charge in [-0.2, -0.15) is 0 Å². The maximum atomic E-state index is 11.1. The van der Waals surface area contributed by atoms with Crippen molar-refractivity contribution in [3.05, 3.63) is 12.7 Å². The number of ether oxygens (including phenoxy) is 2. The van der Waals surface area contributed by atoms with E-state index in [1.807, 2.05) is 20.8 Å². The number of carbonyl (C=O) groups excluding carboxylic acids is 1. The topological polar surface area (TPSA) is 47.6 Å². The Morgan fingerprint density at radius 2 is 2.07 bits per heavy atom. The second-order valence-corrected chi connectivity index (χ2v) is 3.87. The smallest absolute Gasteiger partial charge is 0.407 e. The molecule has 1 amide bonds. The van der Waals surface area contributed by atoms with E-state index in [0.29, 0.717) is 13.2 Å². The fourth-order valence-electron chi connectivity index (χ4n) is 0.702.